The van der Waals surface area contributed by atoms with E-state index in [4.69, 9.17) is 21.4 Å². The number of halogens is 1. The van der Waals surface area contributed by atoms with E-state index in [0.29, 0.717) is 0 Å². The Bertz CT molecular complexity index is 451. The standard InChI is InChI=1S/C9H9ClN2O5/c1-2-6(9(13)14)17-7-3-8(10)11-4-5(7)12(15)16/h3-4,6H,2H2,1H3,(H,13,14). The molecule has 0 aliphatic heterocycles. The summed E-state index contributed by atoms with van der Waals surface area (Å²) in [7, 11) is 0. The van der Waals surface area contributed by atoms with Gasteiger partial charge >= 0.3 is 11.7 Å². The summed E-state index contributed by atoms with van der Waals surface area (Å²) in [6.45, 7) is 1.59. The third-order valence-corrected chi connectivity index (χ3v) is 2.13. The first-order valence-corrected chi connectivity index (χ1v) is 5.03. The molecule has 0 saturated carbocycles. The number of ether oxygens (including phenoxy) is 1. The molecular weight excluding hydrogens is 252 g/mol. The van der Waals surface area contributed by atoms with E-state index in [1.54, 1.807) is 6.92 Å². The average molecular weight is 261 g/mol. The van der Waals surface area contributed by atoms with Crippen LogP contribution in [0.2, 0.25) is 5.15 Å². The third-order valence-electron chi connectivity index (χ3n) is 1.92. The Morgan fingerprint density at radius 2 is 2.41 bits per heavy atom. The van der Waals surface area contributed by atoms with Crippen LogP contribution in [-0.4, -0.2) is 27.1 Å². The molecule has 1 aromatic rings. The van der Waals surface area contributed by atoms with E-state index in [0.717, 1.165) is 12.3 Å². The largest absolute Gasteiger partial charge is 0.479 e. The fourth-order valence-corrected chi connectivity index (χ4v) is 1.25. The molecule has 0 bridgehead atoms. The summed E-state index contributed by atoms with van der Waals surface area (Å²) in [5.41, 5.74) is -0.422. The number of carboxylic acid groups (broad SMARTS) is 1. The van der Waals surface area contributed by atoms with Crippen LogP contribution in [0.4, 0.5) is 5.69 Å². The SMILES string of the molecule is CCC(Oc1cc(Cl)ncc1[N+](=O)[O-])C(=O)O. The zero-order valence-corrected chi connectivity index (χ0v) is 9.55. The lowest BCUT2D eigenvalue weighted by atomic mass is 10.3. The first kappa shape index (κ1) is 13.2. The maximum atomic E-state index is 10.8. The van der Waals surface area contributed by atoms with E-state index >= 15 is 0 Å². The van der Waals surface area contributed by atoms with Gasteiger partial charge in [0.15, 0.2) is 6.10 Å². The maximum Gasteiger partial charge on any atom is 0.344 e. The molecule has 0 fully saturated rings. The number of aromatic nitrogens is 1. The zero-order chi connectivity index (χ0) is 13.0. The van der Waals surface area contributed by atoms with Crippen molar-refractivity contribution in [1.82, 2.24) is 4.98 Å². The van der Waals surface area contributed by atoms with Crippen LogP contribution in [-0.2, 0) is 4.79 Å². The fourth-order valence-electron chi connectivity index (χ4n) is 1.10. The van der Waals surface area contributed by atoms with Gasteiger partial charge in [-0.05, 0) is 6.42 Å². The molecule has 0 amide bonds. The van der Waals surface area contributed by atoms with E-state index in [1.807, 2.05) is 0 Å². The fraction of sp³-hybridized carbons (Fsp3) is 0.333. The van der Waals surface area contributed by atoms with Crippen LogP contribution in [0.1, 0.15) is 13.3 Å². The van der Waals surface area contributed by atoms with Gasteiger partial charge in [0, 0.05) is 6.07 Å². The second kappa shape index (κ2) is 5.44. The normalized spacial score (nSPS) is 11.9. The second-order valence-corrected chi connectivity index (χ2v) is 3.47. The molecule has 7 nitrogen and oxygen atoms in total. The predicted molar refractivity (Wildman–Crippen MR) is 58.2 cm³/mol. The molecule has 1 aromatic heterocycles. The lowest BCUT2D eigenvalue weighted by molar-refractivity contribution is -0.386. The van der Waals surface area contributed by atoms with Crippen LogP contribution < -0.4 is 4.74 Å². The van der Waals surface area contributed by atoms with E-state index in [-0.39, 0.29) is 17.3 Å². The van der Waals surface area contributed by atoms with Gasteiger partial charge in [0.2, 0.25) is 5.75 Å². The molecule has 0 radical (unpaired) electrons. The monoisotopic (exact) mass is 260 g/mol. The number of hydrogen-bond donors (Lipinski definition) is 1. The van der Waals surface area contributed by atoms with Crippen molar-refractivity contribution < 1.29 is 19.6 Å². The Morgan fingerprint density at radius 1 is 1.76 bits per heavy atom. The van der Waals surface area contributed by atoms with Crippen molar-refractivity contribution in [3.63, 3.8) is 0 Å². The smallest absolute Gasteiger partial charge is 0.344 e. The van der Waals surface area contributed by atoms with E-state index in [1.165, 1.54) is 0 Å². The highest BCUT2D eigenvalue weighted by Crippen LogP contribution is 2.29. The molecule has 0 saturated heterocycles. The van der Waals surface area contributed by atoms with E-state index in [2.05, 4.69) is 4.98 Å². The summed E-state index contributed by atoms with van der Waals surface area (Å²) in [5, 5.41) is 19.4. The highest BCUT2D eigenvalue weighted by molar-refractivity contribution is 6.29. The molecule has 0 aliphatic carbocycles. The lowest BCUT2D eigenvalue weighted by Gasteiger charge is -2.12. The Kier molecular flexibility index (Phi) is 4.22. The minimum atomic E-state index is -1.20. The van der Waals surface area contributed by atoms with Gasteiger partial charge in [-0.1, -0.05) is 18.5 Å². The minimum Gasteiger partial charge on any atom is -0.479 e. The lowest BCUT2D eigenvalue weighted by Crippen LogP contribution is -2.26. The maximum absolute atomic E-state index is 10.8. The summed E-state index contributed by atoms with van der Waals surface area (Å²) >= 11 is 5.57. The van der Waals surface area contributed by atoms with Crippen molar-refractivity contribution in [3.8, 4) is 5.75 Å². The van der Waals surface area contributed by atoms with Crippen molar-refractivity contribution >= 4 is 23.3 Å². The molecular formula is C9H9ClN2O5. The van der Waals surface area contributed by atoms with E-state index < -0.39 is 22.7 Å². The minimum absolute atomic E-state index is 0.00848. The molecule has 0 aromatic carbocycles. The number of aliphatic carboxylic acids is 1. The first-order valence-electron chi connectivity index (χ1n) is 4.65. The van der Waals surface area contributed by atoms with Gasteiger partial charge in [-0.2, -0.15) is 0 Å². The van der Waals surface area contributed by atoms with Gasteiger partial charge in [-0.15, -0.1) is 0 Å². The van der Waals surface area contributed by atoms with Gasteiger partial charge in [0.25, 0.3) is 0 Å². The average Bonchev–Trinajstić information content (AvgIpc) is 2.25. The van der Waals surface area contributed by atoms with Crippen molar-refractivity contribution in [3.05, 3.63) is 27.5 Å². The van der Waals surface area contributed by atoms with Gasteiger partial charge in [0.05, 0.1) is 4.92 Å². The Balaban J connectivity index is 3.07. The van der Waals surface area contributed by atoms with Crippen LogP contribution in [0.3, 0.4) is 0 Å². The summed E-state index contributed by atoms with van der Waals surface area (Å²) in [6, 6.07) is 1.12. The van der Waals surface area contributed by atoms with Crippen molar-refractivity contribution in [2.45, 2.75) is 19.4 Å². The van der Waals surface area contributed by atoms with Crippen LogP contribution in [0.15, 0.2) is 12.3 Å². The molecule has 17 heavy (non-hydrogen) atoms. The van der Waals surface area contributed by atoms with Crippen LogP contribution >= 0.6 is 11.6 Å². The van der Waals surface area contributed by atoms with Gasteiger partial charge < -0.3 is 9.84 Å². The molecule has 1 atom stereocenters. The number of carboxylic acids is 1. The summed E-state index contributed by atoms with van der Waals surface area (Å²) in [4.78, 5) is 24.2. The summed E-state index contributed by atoms with van der Waals surface area (Å²) in [5.74, 6) is -1.40. The number of nitro groups is 1. The molecule has 0 aliphatic rings. The van der Waals surface area contributed by atoms with Crippen LogP contribution in [0, 0.1) is 10.1 Å². The number of nitrogens with zero attached hydrogens (tertiary/aromatic N) is 2. The van der Waals surface area contributed by atoms with Crippen molar-refractivity contribution in [2.75, 3.05) is 0 Å². The van der Waals surface area contributed by atoms with Crippen molar-refractivity contribution in [2.24, 2.45) is 0 Å². The molecule has 1 heterocycles. The summed E-state index contributed by atoms with van der Waals surface area (Å²) in [6.07, 6.45) is -0.0641. The van der Waals surface area contributed by atoms with Crippen LogP contribution in [0.25, 0.3) is 0 Å². The summed E-state index contributed by atoms with van der Waals surface area (Å²) < 4.78 is 5.03. The Labute approximate surface area is 101 Å². The van der Waals surface area contributed by atoms with Gasteiger partial charge in [-0.25, -0.2) is 9.78 Å². The molecule has 1 N–H and O–H groups in total. The molecule has 1 rings (SSSR count). The predicted octanol–water partition coefficient (Wildman–Crippen LogP) is 1.89. The molecule has 8 heteroatoms. The topological polar surface area (TPSA) is 103 Å². The van der Waals surface area contributed by atoms with Gasteiger partial charge in [-0.3, -0.25) is 10.1 Å². The van der Waals surface area contributed by atoms with Crippen molar-refractivity contribution in [1.29, 1.82) is 0 Å². The second-order valence-electron chi connectivity index (χ2n) is 3.08. The Morgan fingerprint density at radius 3 is 2.88 bits per heavy atom. The third kappa shape index (κ3) is 3.28. The number of carbonyl (C=O) groups is 1. The van der Waals surface area contributed by atoms with E-state index in [9.17, 15) is 14.9 Å². The molecule has 92 valence electrons. The first-order chi connectivity index (χ1) is 7.95. The van der Waals surface area contributed by atoms with Gasteiger partial charge in [0.1, 0.15) is 11.3 Å². The number of rotatable bonds is 5. The number of hydrogen-bond acceptors (Lipinski definition) is 5. The highest BCUT2D eigenvalue weighted by atomic mass is 35.5. The highest BCUT2D eigenvalue weighted by Gasteiger charge is 2.23. The molecule has 1 unspecified atom stereocenters. The number of pyridine rings is 1. The Hall–Kier alpha value is -1.89. The molecule has 0 spiro atoms. The quantitative estimate of drug-likeness (QED) is 0.493. The zero-order valence-electron chi connectivity index (χ0n) is 8.79. The van der Waals surface area contributed by atoms with Crippen LogP contribution in [0.5, 0.6) is 5.75 Å².